The lowest BCUT2D eigenvalue weighted by Gasteiger charge is -2.23. The Hall–Kier alpha value is -2.44. The summed E-state index contributed by atoms with van der Waals surface area (Å²) in [5.74, 6) is -3.33. The maximum atomic E-state index is 12.4. The van der Waals surface area contributed by atoms with Gasteiger partial charge in [-0.3, -0.25) is 14.4 Å². The highest BCUT2D eigenvalue weighted by Crippen LogP contribution is 2.35. The third-order valence-electron chi connectivity index (χ3n) is 6.04. The van der Waals surface area contributed by atoms with Crippen molar-refractivity contribution in [3.63, 3.8) is 0 Å². The molecule has 0 radical (unpaired) electrons. The van der Waals surface area contributed by atoms with Crippen LogP contribution in [0.25, 0.3) is 0 Å². The summed E-state index contributed by atoms with van der Waals surface area (Å²) < 4.78 is 9.74. The minimum absolute atomic E-state index is 0.0337. The Morgan fingerprint density at radius 2 is 1.76 bits per heavy atom. The number of esters is 2. The van der Waals surface area contributed by atoms with Gasteiger partial charge in [-0.05, 0) is 43.4 Å². The second-order valence-electron chi connectivity index (χ2n) is 9.67. The molecule has 0 amide bonds. The summed E-state index contributed by atoms with van der Waals surface area (Å²) in [6.45, 7) is 8.99. The number of carboxylic acids is 1. The predicted molar refractivity (Wildman–Crippen MR) is 125 cm³/mol. The van der Waals surface area contributed by atoms with Gasteiger partial charge in [-0.15, -0.1) is 0 Å². The number of rotatable bonds is 14. The van der Waals surface area contributed by atoms with E-state index in [1.807, 2.05) is 0 Å². The number of unbranched alkanes of at least 4 members (excludes halogenated alkanes) is 2. The van der Waals surface area contributed by atoms with Crippen LogP contribution in [0, 0.1) is 17.3 Å². The molecule has 1 saturated carbocycles. The first-order valence-electron chi connectivity index (χ1n) is 12.0. The standard InChI is InChI=1S/C26H40O7/c1-6-7-16-26(4,5)17-10-11-20-14-15-22(29)21(20)12-8-9-13-23(32-18(2)27)24(25(30)31)33-19(3)28/h10-11,20-21H,6-9,12-17H2,1-5H3,(H,30,31)/b11-10+,24-23+/t20-,21+/m0/s1. The summed E-state index contributed by atoms with van der Waals surface area (Å²) in [6.07, 6.45) is 12.5. The normalized spacial score (nSPS) is 19.5. The molecule has 1 rings (SSSR count). The molecule has 1 fully saturated rings. The highest BCUT2D eigenvalue weighted by Gasteiger charge is 2.32. The molecule has 0 aliphatic heterocycles. The van der Waals surface area contributed by atoms with Crippen molar-refractivity contribution >= 4 is 23.7 Å². The molecule has 0 aromatic heterocycles. The quantitative estimate of drug-likeness (QED) is 0.115. The Balaban J connectivity index is 2.70. The van der Waals surface area contributed by atoms with E-state index >= 15 is 0 Å². The largest absolute Gasteiger partial charge is 0.475 e. The Labute approximate surface area is 197 Å². The minimum Gasteiger partial charge on any atom is -0.475 e. The maximum absolute atomic E-state index is 12.4. The van der Waals surface area contributed by atoms with Gasteiger partial charge in [0.05, 0.1) is 0 Å². The van der Waals surface area contributed by atoms with Gasteiger partial charge in [0.15, 0.2) is 5.76 Å². The number of carbonyl (C=O) groups is 4. The second-order valence-corrected chi connectivity index (χ2v) is 9.67. The van der Waals surface area contributed by atoms with Crippen LogP contribution in [-0.4, -0.2) is 28.8 Å². The Bertz CT molecular complexity index is 761. The average Bonchev–Trinajstić information content (AvgIpc) is 3.06. The number of Topliss-reactive ketones (excluding diaryl/α,β-unsaturated/α-hetero) is 1. The second kappa shape index (κ2) is 14.0. The number of ketones is 1. The topological polar surface area (TPSA) is 107 Å². The summed E-state index contributed by atoms with van der Waals surface area (Å²) in [5.41, 5.74) is 0.258. The van der Waals surface area contributed by atoms with Crippen LogP contribution in [0.4, 0.5) is 0 Å². The van der Waals surface area contributed by atoms with E-state index in [2.05, 4.69) is 32.9 Å². The van der Waals surface area contributed by atoms with Crippen LogP contribution in [0.2, 0.25) is 0 Å². The number of hydrogen-bond acceptors (Lipinski definition) is 6. The number of allylic oxidation sites excluding steroid dienone is 3. The fourth-order valence-corrected chi connectivity index (χ4v) is 4.26. The van der Waals surface area contributed by atoms with Gasteiger partial charge in [-0.25, -0.2) is 4.79 Å². The van der Waals surface area contributed by atoms with E-state index in [1.54, 1.807) is 0 Å². The molecule has 1 aliphatic rings. The zero-order chi connectivity index (χ0) is 25.0. The van der Waals surface area contributed by atoms with Gasteiger partial charge >= 0.3 is 17.9 Å². The van der Waals surface area contributed by atoms with E-state index in [4.69, 9.17) is 9.47 Å². The van der Waals surface area contributed by atoms with E-state index in [0.29, 0.717) is 25.7 Å². The lowest BCUT2D eigenvalue weighted by Crippen LogP contribution is -2.15. The van der Waals surface area contributed by atoms with Crippen molar-refractivity contribution in [2.24, 2.45) is 17.3 Å². The number of hydrogen-bond donors (Lipinski definition) is 1. The van der Waals surface area contributed by atoms with Crippen molar-refractivity contribution in [3.05, 3.63) is 23.7 Å². The Morgan fingerprint density at radius 1 is 1.09 bits per heavy atom. The molecule has 186 valence electrons. The van der Waals surface area contributed by atoms with Crippen molar-refractivity contribution in [3.8, 4) is 0 Å². The van der Waals surface area contributed by atoms with Crippen molar-refractivity contribution in [1.82, 2.24) is 0 Å². The lowest BCUT2D eigenvalue weighted by atomic mass is 9.83. The van der Waals surface area contributed by atoms with Gasteiger partial charge in [0, 0.05) is 32.6 Å². The van der Waals surface area contributed by atoms with E-state index < -0.39 is 23.7 Å². The number of ether oxygens (including phenoxy) is 2. The molecule has 0 spiro atoms. The molecule has 1 aliphatic carbocycles. The van der Waals surface area contributed by atoms with Gasteiger partial charge in [0.25, 0.3) is 5.76 Å². The van der Waals surface area contributed by atoms with Gasteiger partial charge in [-0.2, -0.15) is 0 Å². The molecule has 0 heterocycles. The zero-order valence-electron chi connectivity index (χ0n) is 20.8. The van der Waals surface area contributed by atoms with Crippen molar-refractivity contribution in [1.29, 1.82) is 0 Å². The van der Waals surface area contributed by atoms with Crippen LogP contribution < -0.4 is 0 Å². The lowest BCUT2D eigenvalue weighted by molar-refractivity contribution is -0.148. The summed E-state index contributed by atoms with van der Waals surface area (Å²) in [6, 6.07) is 0. The fourth-order valence-electron chi connectivity index (χ4n) is 4.26. The van der Waals surface area contributed by atoms with Crippen molar-refractivity contribution in [2.45, 2.75) is 98.8 Å². The van der Waals surface area contributed by atoms with Gasteiger partial charge < -0.3 is 14.6 Å². The molecular formula is C26H40O7. The van der Waals surface area contributed by atoms with Gasteiger partial charge in [0.1, 0.15) is 5.78 Å². The summed E-state index contributed by atoms with van der Waals surface area (Å²) in [4.78, 5) is 46.5. The summed E-state index contributed by atoms with van der Waals surface area (Å²) in [5, 5.41) is 9.31. The molecule has 2 atom stereocenters. The molecule has 7 heteroatoms. The van der Waals surface area contributed by atoms with Crippen LogP contribution in [0.15, 0.2) is 23.7 Å². The third-order valence-corrected chi connectivity index (χ3v) is 6.04. The highest BCUT2D eigenvalue weighted by molar-refractivity contribution is 5.88. The monoisotopic (exact) mass is 464 g/mol. The molecule has 0 aromatic carbocycles. The highest BCUT2D eigenvalue weighted by atomic mass is 16.6. The van der Waals surface area contributed by atoms with E-state index in [-0.39, 0.29) is 35.2 Å². The molecule has 1 N–H and O–H groups in total. The van der Waals surface area contributed by atoms with E-state index in [9.17, 15) is 24.3 Å². The first kappa shape index (κ1) is 28.6. The van der Waals surface area contributed by atoms with Gasteiger partial charge in [0.2, 0.25) is 0 Å². The number of carboxylic acid groups (broad SMARTS) is 1. The Kier molecular flexibility index (Phi) is 12.1. The van der Waals surface area contributed by atoms with Crippen molar-refractivity contribution < 1.29 is 33.8 Å². The first-order chi connectivity index (χ1) is 15.5. The molecule has 0 aromatic rings. The van der Waals surface area contributed by atoms with Crippen LogP contribution in [-0.2, 0) is 28.7 Å². The first-order valence-corrected chi connectivity index (χ1v) is 12.0. The molecule has 0 saturated heterocycles. The Morgan fingerprint density at radius 3 is 2.33 bits per heavy atom. The summed E-state index contributed by atoms with van der Waals surface area (Å²) >= 11 is 0. The average molecular weight is 465 g/mol. The molecule has 0 bridgehead atoms. The SMILES string of the molecule is CCCCC(C)(C)C/C=C/[C@H]1CCC(=O)[C@@H]1CCCC/C(OC(C)=O)=C(\OC(C)=O)C(=O)O. The maximum Gasteiger partial charge on any atom is 0.375 e. The molecule has 7 nitrogen and oxygen atoms in total. The number of aliphatic carboxylic acids is 1. The van der Waals surface area contributed by atoms with Crippen LogP contribution >= 0.6 is 0 Å². The predicted octanol–water partition coefficient (Wildman–Crippen LogP) is 5.73. The molecule has 0 unspecified atom stereocenters. The van der Waals surface area contributed by atoms with E-state index in [1.165, 1.54) is 19.3 Å². The van der Waals surface area contributed by atoms with Gasteiger partial charge in [-0.1, -0.05) is 52.2 Å². The smallest absolute Gasteiger partial charge is 0.375 e. The minimum atomic E-state index is -1.47. The zero-order valence-corrected chi connectivity index (χ0v) is 20.8. The van der Waals surface area contributed by atoms with Crippen LogP contribution in [0.3, 0.4) is 0 Å². The van der Waals surface area contributed by atoms with Crippen molar-refractivity contribution in [2.75, 3.05) is 0 Å². The van der Waals surface area contributed by atoms with E-state index in [0.717, 1.165) is 26.7 Å². The fraction of sp³-hybridized carbons (Fsp3) is 0.692. The number of carbonyl (C=O) groups excluding carboxylic acids is 3. The molecular weight excluding hydrogens is 424 g/mol. The van der Waals surface area contributed by atoms with Crippen LogP contribution in [0.1, 0.15) is 98.8 Å². The summed E-state index contributed by atoms with van der Waals surface area (Å²) in [7, 11) is 0. The third kappa shape index (κ3) is 10.8. The molecule has 33 heavy (non-hydrogen) atoms. The van der Waals surface area contributed by atoms with Crippen LogP contribution in [0.5, 0.6) is 0 Å².